The highest BCUT2D eigenvalue weighted by atomic mass is 16.2. The molecule has 1 aliphatic heterocycles. The molecule has 1 heterocycles. The number of benzene rings is 1. The number of carbonyl (C=O) groups is 1. The van der Waals surface area contributed by atoms with Crippen LogP contribution in [0.5, 0.6) is 0 Å². The maximum Gasteiger partial charge on any atom is 0.222 e. The fourth-order valence-corrected chi connectivity index (χ4v) is 2.97. The summed E-state index contributed by atoms with van der Waals surface area (Å²) in [5.74, 6) is 1.14. The van der Waals surface area contributed by atoms with Crippen LogP contribution in [0.25, 0.3) is 0 Å². The molecule has 1 amide bonds. The Morgan fingerprint density at radius 1 is 1.25 bits per heavy atom. The minimum Gasteiger partial charge on any atom is -0.399 e. The molecule has 0 aliphatic carbocycles. The smallest absolute Gasteiger partial charge is 0.222 e. The molecule has 1 aromatic carbocycles. The van der Waals surface area contributed by atoms with Crippen LogP contribution < -0.4 is 5.73 Å². The van der Waals surface area contributed by atoms with Gasteiger partial charge in [-0.1, -0.05) is 31.9 Å². The number of nitrogens with zero attached hydrogens (tertiary/aromatic N) is 1. The molecule has 1 saturated heterocycles. The molecule has 1 aliphatic rings. The first-order valence-corrected chi connectivity index (χ1v) is 7.81. The summed E-state index contributed by atoms with van der Waals surface area (Å²) in [6, 6.07) is 7.82. The number of nitrogen functional groups attached to an aromatic ring is 1. The van der Waals surface area contributed by atoms with Crippen molar-refractivity contribution in [1.29, 1.82) is 0 Å². The lowest BCUT2D eigenvalue weighted by Crippen LogP contribution is -2.38. The molecule has 0 spiro atoms. The molecule has 110 valence electrons. The average molecular weight is 274 g/mol. The van der Waals surface area contributed by atoms with Crippen molar-refractivity contribution in [2.75, 3.05) is 18.8 Å². The number of likely N-dealkylation sites (tertiary alicyclic amines) is 1. The van der Waals surface area contributed by atoms with Gasteiger partial charge < -0.3 is 10.6 Å². The van der Waals surface area contributed by atoms with Crippen molar-refractivity contribution < 1.29 is 4.79 Å². The van der Waals surface area contributed by atoms with Crippen molar-refractivity contribution in [3.8, 4) is 0 Å². The van der Waals surface area contributed by atoms with Gasteiger partial charge in [0.25, 0.3) is 0 Å². The lowest BCUT2D eigenvalue weighted by atomic mass is 9.92. The highest BCUT2D eigenvalue weighted by Crippen LogP contribution is 2.22. The minimum absolute atomic E-state index is 0.303. The van der Waals surface area contributed by atoms with Crippen LogP contribution in [-0.4, -0.2) is 23.9 Å². The van der Waals surface area contributed by atoms with Gasteiger partial charge in [0.15, 0.2) is 0 Å². The van der Waals surface area contributed by atoms with Crippen LogP contribution in [0.4, 0.5) is 5.69 Å². The average Bonchev–Trinajstić information content (AvgIpc) is 2.47. The molecule has 0 aromatic heterocycles. The summed E-state index contributed by atoms with van der Waals surface area (Å²) in [5.41, 5.74) is 7.63. The standard InChI is InChI=1S/C17H26N2O/c1-2-3-14-10-12-19(13-11-14)17(20)9-6-15-4-7-16(18)8-5-15/h4-5,7-8,14H,2-3,6,9-13,18H2,1H3. The fraction of sp³-hybridized carbons (Fsp3) is 0.588. The van der Waals surface area contributed by atoms with E-state index in [1.54, 1.807) is 0 Å². The first-order valence-electron chi connectivity index (χ1n) is 7.81. The third-order valence-corrected chi connectivity index (χ3v) is 4.27. The Kier molecular flexibility index (Phi) is 5.45. The second-order valence-corrected chi connectivity index (χ2v) is 5.85. The molecule has 1 aromatic rings. The van der Waals surface area contributed by atoms with Gasteiger partial charge in [-0.2, -0.15) is 0 Å². The Morgan fingerprint density at radius 2 is 1.90 bits per heavy atom. The van der Waals surface area contributed by atoms with Crippen molar-refractivity contribution in [3.05, 3.63) is 29.8 Å². The summed E-state index contributed by atoms with van der Waals surface area (Å²) in [7, 11) is 0. The number of aryl methyl sites for hydroxylation is 1. The molecule has 1 fully saturated rings. The second kappa shape index (κ2) is 7.32. The first-order chi connectivity index (χ1) is 9.69. The Morgan fingerprint density at radius 3 is 2.50 bits per heavy atom. The van der Waals surface area contributed by atoms with E-state index in [4.69, 9.17) is 5.73 Å². The van der Waals surface area contributed by atoms with Crippen LogP contribution in [0, 0.1) is 5.92 Å². The van der Waals surface area contributed by atoms with Crippen molar-refractivity contribution in [2.24, 2.45) is 5.92 Å². The fourth-order valence-electron chi connectivity index (χ4n) is 2.97. The highest BCUT2D eigenvalue weighted by Gasteiger charge is 2.21. The third kappa shape index (κ3) is 4.26. The van der Waals surface area contributed by atoms with Crippen LogP contribution in [-0.2, 0) is 11.2 Å². The zero-order valence-electron chi connectivity index (χ0n) is 12.5. The normalized spacial score (nSPS) is 16.4. The van der Waals surface area contributed by atoms with E-state index in [0.717, 1.165) is 31.1 Å². The van der Waals surface area contributed by atoms with E-state index >= 15 is 0 Å². The maximum absolute atomic E-state index is 12.2. The van der Waals surface area contributed by atoms with Crippen molar-refractivity contribution >= 4 is 11.6 Å². The summed E-state index contributed by atoms with van der Waals surface area (Å²) in [6.45, 7) is 4.14. The lowest BCUT2D eigenvalue weighted by Gasteiger charge is -2.32. The molecule has 2 N–H and O–H groups in total. The monoisotopic (exact) mass is 274 g/mol. The predicted molar refractivity (Wildman–Crippen MR) is 83.4 cm³/mol. The van der Waals surface area contributed by atoms with Crippen LogP contribution in [0.3, 0.4) is 0 Å². The number of carbonyl (C=O) groups excluding carboxylic acids is 1. The number of amides is 1. The summed E-state index contributed by atoms with van der Waals surface area (Å²) in [5, 5.41) is 0. The van der Waals surface area contributed by atoms with Crippen molar-refractivity contribution in [3.63, 3.8) is 0 Å². The molecule has 0 bridgehead atoms. The molecule has 20 heavy (non-hydrogen) atoms. The number of anilines is 1. The Hall–Kier alpha value is -1.51. The van der Waals surface area contributed by atoms with Crippen LogP contribution in [0.2, 0.25) is 0 Å². The first kappa shape index (κ1) is 14.9. The van der Waals surface area contributed by atoms with Gasteiger partial charge in [-0.25, -0.2) is 0 Å². The van der Waals surface area contributed by atoms with Gasteiger partial charge >= 0.3 is 0 Å². The van der Waals surface area contributed by atoms with Gasteiger partial charge in [-0.3, -0.25) is 4.79 Å². The summed E-state index contributed by atoms with van der Waals surface area (Å²) in [6.07, 6.45) is 6.36. The van der Waals surface area contributed by atoms with E-state index in [0.29, 0.717) is 12.3 Å². The van der Waals surface area contributed by atoms with Crippen LogP contribution >= 0.6 is 0 Å². The number of hydrogen-bond donors (Lipinski definition) is 1. The number of hydrogen-bond acceptors (Lipinski definition) is 2. The van der Waals surface area contributed by atoms with Gasteiger partial charge in [0, 0.05) is 25.2 Å². The SMILES string of the molecule is CCCC1CCN(C(=O)CCc2ccc(N)cc2)CC1. The molecule has 0 atom stereocenters. The molecule has 3 nitrogen and oxygen atoms in total. The molecule has 2 rings (SSSR count). The summed E-state index contributed by atoms with van der Waals surface area (Å²) in [4.78, 5) is 14.2. The molecular formula is C17H26N2O. The predicted octanol–water partition coefficient (Wildman–Crippen LogP) is 3.24. The van der Waals surface area contributed by atoms with Crippen LogP contribution in [0.15, 0.2) is 24.3 Å². The molecule has 0 radical (unpaired) electrons. The molecule has 3 heteroatoms. The maximum atomic E-state index is 12.2. The van der Waals surface area contributed by atoms with E-state index < -0.39 is 0 Å². The zero-order valence-corrected chi connectivity index (χ0v) is 12.5. The minimum atomic E-state index is 0.303. The van der Waals surface area contributed by atoms with Crippen molar-refractivity contribution in [1.82, 2.24) is 4.90 Å². The van der Waals surface area contributed by atoms with E-state index in [-0.39, 0.29) is 0 Å². The Bertz CT molecular complexity index is 419. The summed E-state index contributed by atoms with van der Waals surface area (Å²) >= 11 is 0. The number of nitrogens with two attached hydrogens (primary N) is 1. The van der Waals surface area contributed by atoms with E-state index in [1.807, 2.05) is 29.2 Å². The topological polar surface area (TPSA) is 46.3 Å². The molecule has 0 unspecified atom stereocenters. The number of piperidine rings is 1. The Labute approximate surface area is 122 Å². The van der Waals surface area contributed by atoms with Crippen molar-refractivity contribution in [2.45, 2.75) is 45.4 Å². The second-order valence-electron chi connectivity index (χ2n) is 5.85. The lowest BCUT2D eigenvalue weighted by molar-refractivity contribution is -0.132. The highest BCUT2D eigenvalue weighted by molar-refractivity contribution is 5.76. The number of rotatable bonds is 5. The van der Waals surface area contributed by atoms with Gasteiger partial charge in [0.1, 0.15) is 0 Å². The third-order valence-electron chi connectivity index (χ3n) is 4.27. The summed E-state index contributed by atoms with van der Waals surface area (Å²) < 4.78 is 0. The van der Waals surface area contributed by atoms with E-state index in [1.165, 1.54) is 31.2 Å². The van der Waals surface area contributed by atoms with Gasteiger partial charge in [-0.15, -0.1) is 0 Å². The van der Waals surface area contributed by atoms with E-state index in [2.05, 4.69) is 6.92 Å². The van der Waals surface area contributed by atoms with E-state index in [9.17, 15) is 4.79 Å². The van der Waals surface area contributed by atoms with Gasteiger partial charge in [0.2, 0.25) is 5.91 Å². The Balaban J connectivity index is 1.74. The van der Waals surface area contributed by atoms with Gasteiger partial charge in [-0.05, 0) is 42.9 Å². The molecular weight excluding hydrogens is 248 g/mol. The van der Waals surface area contributed by atoms with Crippen LogP contribution in [0.1, 0.15) is 44.6 Å². The quantitative estimate of drug-likeness (QED) is 0.838. The largest absolute Gasteiger partial charge is 0.399 e. The zero-order chi connectivity index (χ0) is 14.4. The molecule has 0 saturated carbocycles. The van der Waals surface area contributed by atoms with Gasteiger partial charge in [0.05, 0.1) is 0 Å².